The van der Waals surface area contributed by atoms with Crippen LogP contribution in [0.4, 0.5) is 5.69 Å². The van der Waals surface area contributed by atoms with Crippen molar-refractivity contribution in [2.45, 2.75) is 20.0 Å². The van der Waals surface area contributed by atoms with E-state index in [4.69, 9.17) is 15.0 Å². The number of hydrogen-bond acceptors (Lipinski definition) is 5. The Morgan fingerprint density at radius 3 is 2.94 bits per heavy atom. The third-order valence-corrected chi connectivity index (χ3v) is 2.14. The standard InChI is InChI=1S/C11H13N3O2/c1-7-6-10(16-14-7)8(2)15-11-9(12)4-3-5-13-11/h3-6,8H,12H2,1-2H3. The lowest BCUT2D eigenvalue weighted by atomic mass is 10.3. The fraction of sp³-hybridized carbons (Fsp3) is 0.273. The quantitative estimate of drug-likeness (QED) is 0.855. The molecule has 0 bridgehead atoms. The summed E-state index contributed by atoms with van der Waals surface area (Å²) in [5.41, 5.74) is 7.04. The number of aryl methyl sites for hydroxylation is 1. The van der Waals surface area contributed by atoms with Gasteiger partial charge in [-0.15, -0.1) is 0 Å². The van der Waals surface area contributed by atoms with Crippen LogP contribution in [0.15, 0.2) is 28.9 Å². The van der Waals surface area contributed by atoms with Gasteiger partial charge in [0.15, 0.2) is 11.9 Å². The summed E-state index contributed by atoms with van der Waals surface area (Å²) in [5, 5.41) is 3.80. The Hall–Kier alpha value is -2.04. The number of aromatic nitrogens is 2. The van der Waals surface area contributed by atoms with Crippen molar-refractivity contribution in [1.82, 2.24) is 10.1 Å². The van der Waals surface area contributed by atoms with Crippen molar-refractivity contribution in [1.29, 1.82) is 0 Å². The molecule has 0 amide bonds. The summed E-state index contributed by atoms with van der Waals surface area (Å²) < 4.78 is 10.7. The molecule has 0 aromatic carbocycles. The highest BCUT2D eigenvalue weighted by molar-refractivity contribution is 5.47. The van der Waals surface area contributed by atoms with Crippen molar-refractivity contribution in [3.63, 3.8) is 0 Å². The van der Waals surface area contributed by atoms with Crippen molar-refractivity contribution in [3.8, 4) is 5.88 Å². The number of ether oxygens (including phenoxy) is 1. The highest BCUT2D eigenvalue weighted by Gasteiger charge is 2.14. The molecule has 2 rings (SSSR count). The summed E-state index contributed by atoms with van der Waals surface area (Å²) in [6.45, 7) is 3.71. The molecule has 2 aromatic rings. The number of anilines is 1. The lowest BCUT2D eigenvalue weighted by molar-refractivity contribution is 0.176. The van der Waals surface area contributed by atoms with Crippen LogP contribution in [0.1, 0.15) is 24.5 Å². The molecule has 2 N–H and O–H groups in total. The van der Waals surface area contributed by atoms with Gasteiger partial charge < -0.3 is 15.0 Å². The van der Waals surface area contributed by atoms with Gasteiger partial charge in [0.25, 0.3) is 0 Å². The van der Waals surface area contributed by atoms with E-state index in [9.17, 15) is 0 Å². The predicted octanol–water partition coefficient (Wildman–Crippen LogP) is 2.10. The van der Waals surface area contributed by atoms with Crippen LogP contribution in [0, 0.1) is 6.92 Å². The zero-order valence-corrected chi connectivity index (χ0v) is 9.18. The van der Waals surface area contributed by atoms with Crippen LogP contribution in [0.3, 0.4) is 0 Å². The average molecular weight is 219 g/mol. The average Bonchev–Trinajstić information content (AvgIpc) is 2.68. The molecular formula is C11H13N3O2. The minimum Gasteiger partial charge on any atom is -0.465 e. The number of rotatable bonds is 3. The number of nitrogens with two attached hydrogens (primary N) is 1. The number of hydrogen-bond donors (Lipinski definition) is 1. The Morgan fingerprint density at radius 1 is 1.50 bits per heavy atom. The first kappa shape index (κ1) is 10.5. The highest BCUT2D eigenvalue weighted by atomic mass is 16.5. The van der Waals surface area contributed by atoms with Gasteiger partial charge in [0.2, 0.25) is 5.88 Å². The van der Waals surface area contributed by atoms with Gasteiger partial charge in [-0.1, -0.05) is 5.16 Å². The largest absolute Gasteiger partial charge is 0.465 e. The van der Waals surface area contributed by atoms with Gasteiger partial charge >= 0.3 is 0 Å². The highest BCUT2D eigenvalue weighted by Crippen LogP contribution is 2.24. The maximum Gasteiger partial charge on any atom is 0.237 e. The smallest absolute Gasteiger partial charge is 0.237 e. The van der Waals surface area contributed by atoms with E-state index in [0.29, 0.717) is 17.3 Å². The minimum atomic E-state index is -0.265. The zero-order chi connectivity index (χ0) is 11.5. The van der Waals surface area contributed by atoms with E-state index in [0.717, 1.165) is 5.69 Å². The molecule has 0 spiro atoms. The fourth-order valence-corrected chi connectivity index (χ4v) is 1.30. The second-order valence-electron chi connectivity index (χ2n) is 3.53. The second-order valence-corrected chi connectivity index (χ2v) is 3.53. The molecule has 5 heteroatoms. The second kappa shape index (κ2) is 4.22. The molecule has 5 nitrogen and oxygen atoms in total. The molecule has 84 valence electrons. The van der Waals surface area contributed by atoms with Gasteiger partial charge in [-0.05, 0) is 26.0 Å². The van der Waals surface area contributed by atoms with Crippen molar-refractivity contribution in [3.05, 3.63) is 35.9 Å². The number of pyridine rings is 1. The Balaban J connectivity index is 2.13. The van der Waals surface area contributed by atoms with Gasteiger partial charge in [-0.2, -0.15) is 0 Å². The molecule has 0 aliphatic rings. The Morgan fingerprint density at radius 2 is 2.31 bits per heavy atom. The minimum absolute atomic E-state index is 0.265. The van der Waals surface area contributed by atoms with Crippen LogP contribution in [0.2, 0.25) is 0 Å². The molecule has 0 radical (unpaired) electrons. The molecule has 0 aliphatic carbocycles. The van der Waals surface area contributed by atoms with Crippen LogP contribution >= 0.6 is 0 Å². The van der Waals surface area contributed by atoms with Crippen molar-refractivity contribution in [2.75, 3.05) is 5.73 Å². The van der Waals surface area contributed by atoms with E-state index >= 15 is 0 Å². The van der Waals surface area contributed by atoms with Gasteiger partial charge in [-0.25, -0.2) is 4.98 Å². The first-order chi connectivity index (χ1) is 7.66. The summed E-state index contributed by atoms with van der Waals surface area (Å²) in [5.74, 6) is 1.06. The summed E-state index contributed by atoms with van der Waals surface area (Å²) >= 11 is 0. The van der Waals surface area contributed by atoms with Gasteiger partial charge in [0, 0.05) is 12.3 Å². The normalized spacial score (nSPS) is 12.4. The lowest BCUT2D eigenvalue weighted by Crippen LogP contribution is -2.05. The molecule has 2 aromatic heterocycles. The Kier molecular flexibility index (Phi) is 2.76. The van der Waals surface area contributed by atoms with E-state index < -0.39 is 0 Å². The summed E-state index contributed by atoms with van der Waals surface area (Å²) in [6, 6.07) is 5.32. The molecule has 0 aliphatic heterocycles. The molecular weight excluding hydrogens is 206 g/mol. The molecule has 0 fully saturated rings. The van der Waals surface area contributed by atoms with Gasteiger partial charge in [-0.3, -0.25) is 0 Å². The maximum absolute atomic E-state index is 5.72. The Bertz CT molecular complexity index is 482. The summed E-state index contributed by atoms with van der Waals surface area (Å²) in [6.07, 6.45) is 1.36. The fourth-order valence-electron chi connectivity index (χ4n) is 1.30. The molecule has 1 atom stereocenters. The molecule has 1 unspecified atom stereocenters. The van der Waals surface area contributed by atoms with Crippen LogP contribution in [-0.2, 0) is 0 Å². The molecule has 2 heterocycles. The van der Waals surface area contributed by atoms with Crippen LogP contribution < -0.4 is 10.5 Å². The van der Waals surface area contributed by atoms with Gasteiger partial charge in [0.05, 0.1) is 11.4 Å². The van der Waals surface area contributed by atoms with E-state index in [1.807, 2.05) is 19.9 Å². The first-order valence-electron chi connectivity index (χ1n) is 4.97. The van der Waals surface area contributed by atoms with Crippen LogP contribution in [-0.4, -0.2) is 10.1 Å². The van der Waals surface area contributed by atoms with Crippen molar-refractivity contribution >= 4 is 5.69 Å². The topological polar surface area (TPSA) is 74.2 Å². The molecule has 16 heavy (non-hydrogen) atoms. The van der Waals surface area contributed by atoms with Gasteiger partial charge in [0.1, 0.15) is 0 Å². The number of nitrogen functional groups attached to an aromatic ring is 1. The first-order valence-corrected chi connectivity index (χ1v) is 4.97. The zero-order valence-electron chi connectivity index (χ0n) is 9.18. The molecule has 0 saturated carbocycles. The van der Waals surface area contributed by atoms with E-state index in [2.05, 4.69) is 10.1 Å². The summed E-state index contributed by atoms with van der Waals surface area (Å²) in [7, 11) is 0. The van der Waals surface area contributed by atoms with Crippen molar-refractivity contribution < 1.29 is 9.26 Å². The molecule has 0 saturated heterocycles. The van der Waals surface area contributed by atoms with Crippen LogP contribution in [0.5, 0.6) is 5.88 Å². The third-order valence-electron chi connectivity index (χ3n) is 2.14. The van der Waals surface area contributed by atoms with E-state index in [1.54, 1.807) is 18.3 Å². The van der Waals surface area contributed by atoms with Crippen molar-refractivity contribution in [2.24, 2.45) is 0 Å². The van der Waals surface area contributed by atoms with E-state index in [1.165, 1.54) is 0 Å². The van der Waals surface area contributed by atoms with Crippen LogP contribution in [0.25, 0.3) is 0 Å². The monoisotopic (exact) mass is 219 g/mol. The number of nitrogens with zero attached hydrogens (tertiary/aromatic N) is 2. The maximum atomic E-state index is 5.72. The Labute approximate surface area is 93.2 Å². The predicted molar refractivity (Wildman–Crippen MR) is 58.9 cm³/mol. The SMILES string of the molecule is Cc1cc(C(C)Oc2ncccc2N)on1. The summed E-state index contributed by atoms with van der Waals surface area (Å²) in [4.78, 5) is 4.04. The van der Waals surface area contributed by atoms with E-state index in [-0.39, 0.29) is 6.10 Å². The third kappa shape index (κ3) is 2.13. The lowest BCUT2D eigenvalue weighted by Gasteiger charge is -2.11.